The third kappa shape index (κ3) is 8.48. The second kappa shape index (κ2) is 14.2. The van der Waals surface area contributed by atoms with E-state index in [1.807, 2.05) is 77.7 Å². The molecule has 9 nitrogen and oxygen atoms in total. The molecular weight excluding hydrogens is 516 g/mol. The van der Waals surface area contributed by atoms with Gasteiger partial charge in [-0.15, -0.1) is 10.2 Å². The summed E-state index contributed by atoms with van der Waals surface area (Å²) in [6.07, 6.45) is 3.85. The predicted octanol–water partition coefficient (Wildman–Crippen LogP) is 4.44. The summed E-state index contributed by atoms with van der Waals surface area (Å²) in [6.45, 7) is 1.89. The monoisotopic (exact) mass is 552 g/mol. The fourth-order valence-electron chi connectivity index (χ4n) is 5.18. The highest BCUT2D eigenvalue weighted by atomic mass is 16.5. The molecule has 1 aliphatic rings. The summed E-state index contributed by atoms with van der Waals surface area (Å²) in [5.74, 6) is 1.60. The Bertz CT molecular complexity index is 1360. The number of nitrogens with zero attached hydrogens (tertiary/aromatic N) is 4. The van der Waals surface area contributed by atoms with Crippen molar-refractivity contribution < 1.29 is 14.3 Å². The second-order valence-electron chi connectivity index (χ2n) is 10.5. The normalized spacial score (nSPS) is 14.4. The number of aromatic amines is 1. The van der Waals surface area contributed by atoms with Crippen molar-refractivity contribution in [2.45, 2.75) is 51.2 Å². The van der Waals surface area contributed by atoms with Gasteiger partial charge < -0.3 is 15.0 Å². The molecule has 1 aromatic heterocycles. The highest BCUT2D eigenvalue weighted by Gasteiger charge is 2.26. The molecule has 0 radical (unpaired) electrons. The van der Waals surface area contributed by atoms with Crippen LogP contribution < -0.4 is 10.1 Å². The number of tetrazole rings is 1. The molecular formula is C32H36N6O3. The van der Waals surface area contributed by atoms with Gasteiger partial charge in [-0.3, -0.25) is 9.59 Å². The maximum absolute atomic E-state index is 13.1. The van der Waals surface area contributed by atoms with Crippen LogP contribution in [0.25, 0.3) is 0 Å². The van der Waals surface area contributed by atoms with E-state index in [1.54, 1.807) is 0 Å². The van der Waals surface area contributed by atoms with Crippen molar-refractivity contribution >= 4 is 11.8 Å². The number of carbonyl (C=O) groups excluding carboxylic acids is 2. The van der Waals surface area contributed by atoms with E-state index in [4.69, 9.17) is 4.74 Å². The van der Waals surface area contributed by atoms with E-state index in [-0.39, 0.29) is 17.7 Å². The van der Waals surface area contributed by atoms with Crippen LogP contribution in [0.3, 0.4) is 0 Å². The number of amides is 2. The summed E-state index contributed by atoms with van der Waals surface area (Å²) in [5, 5.41) is 17.6. The van der Waals surface area contributed by atoms with Gasteiger partial charge in [0, 0.05) is 32.4 Å². The first kappa shape index (κ1) is 28.0. The van der Waals surface area contributed by atoms with E-state index in [2.05, 4.69) is 38.1 Å². The van der Waals surface area contributed by atoms with E-state index in [0.717, 1.165) is 36.1 Å². The SMILES string of the molecule is O=C(CC1CCN(C(=O)CCc2ccccc2)CC1)NC(Cc1ccc(OCc2ccccc2)cc1)c1nn[nH]n1. The Kier molecular flexibility index (Phi) is 9.71. The van der Waals surface area contributed by atoms with Crippen LogP contribution >= 0.6 is 0 Å². The van der Waals surface area contributed by atoms with Gasteiger partial charge in [0.25, 0.3) is 0 Å². The molecule has 2 amide bonds. The highest BCUT2D eigenvalue weighted by Crippen LogP contribution is 2.23. The van der Waals surface area contributed by atoms with Gasteiger partial charge in [-0.2, -0.15) is 5.21 Å². The number of likely N-dealkylation sites (tertiary alicyclic amines) is 1. The lowest BCUT2D eigenvalue weighted by atomic mass is 9.92. The molecule has 1 aliphatic heterocycles. The molecule has 0 bridgehead atoms. The van der Waals surface area contributed by atoms with Crippen LogP contribution in [0.15, 0.2) is 84.9 Å². The van der Waals surface area contributed by atoms with Gasteiger partial charge in [0.1, 0.15) is 12.4 Å². The smallest absolute Gasteiger partial charge is 0.222 e. The molecule has 0 aliphatic carbocycles. The van der Waals surface area contributed by atoms with Crippen LogP contribution in [0, 0.1) is 5.92 Å². The van der Waals surface area contributed by atoms with Gasteiger partial charge in [-0.1, -0.05) is 78.0 Å². The third-order valence-corrected chi connectivity index (χ3v) is 7.53. The Labute approximate surface area is 240 Å². The molecule has 0 spiro atoms. The maximum Gasteiger partial charge on any atom is 0.222 e. The van der Waals surface area contributed by atoms with Gasteiger partial charge in [0.2, 0.25) is 11.8 Å². The predicted molar refractivity (Wildman–Crippen MR) is 155 cm³/mol. The number of piperidine rings is 1. The number of nitrogens with one attached hydrogen (secondary N) is 2. The number of hydrogen-bond donors (Lipinski definition) is 2. The summed E-state index contributed by atoms with van der Waals surface area (Å²) in [5.41, 5.74) is 3.31. The lowest BCUT2D eigenvalue weighted by Gasteiger charge is -2.32. The van der Waals surface area contributed by atoms with Crippen LogP contribution in [0.4, 0.5) is 0 Å². The number of carbonyl (C=O) groups is 2. The highest BCUT2D eigenvalue weighted by molar-refractivity contribution is 5.77. The van der Waals surface area contributed by atoms with Crippen molar-refractivity contribution in [1.29, 1.82) is 0 Å². The van der Waals surface area contributed by atoms with Crippen molar-refractivity contribution in [1.82, 2.24) is 30.8 Å². The molecule has 0 saturated carbocycles. The quantitative estimate of drug-likeness (QED) is 0.269. The molecule has 1 saturated heterocycles. The number of H-pyrrole nitrogens is 1. The van der Waals surface area contributed by atoms with Crippen LogP contribution in [-0.4, -0.2) is 50.4 Å². The third-order valence-electron chi connectivity index (χ3n) is 7.53. The van der Waals surface area contributed by atoms with Gasteiger partial charge in [-0.25, -0.2) is 0 Å². The average molecular weight is 553 g/mol. The summed E-state index contributed by atoms with van der Waals surface area (Å²) in [4.78, 5) is 27.7. The van der Waals surface area contributed by atoms with Crippen LogP contribution in [0.2, 0.25) is 0 Å². The number of ether oxygens (including phenoxy) is 1. The summed E-state index contributed by atoms with van der Waals surface area (Å²) in [6, 6.07) is 27.6. The Hall–Kier alpha value is -4.53. The number of hydrogen-bond acceptors (Lipinski definition) is 6. The average Bonchev–Trinajstić information content (AvgIpc) is 3.56. The zero-order valence-electron chi connectivity index (χ0n) is 23.1. The number of rotatable bonds is 12. The topological polar surface area (TPSA) is 113 Å². The van der Waals surface area contributed by atoms with Gasteiger partial charge in [0.05, 0.1) is 6.04 Å². The van der Waals surface area contributed by atoms with E-state index in [9.17, 15) is 9.59 Å². The first-order valence-electron chi connectivity index (χ1n) is 14.2. The molecule has 2 N–H and O–H groups in total. The Morgan fingerprint density at radius 2 is 1.59 bits per heavy atom. The largest absolute Gasteiger partial charge is 0.489 e. The molecule has 1 fully saturated rings. The Morgan fingerprint density at radius 1 is 0.902 bits per heavy atom. The van der Waals surface area contributed by atoms with E-state index < -0.39 is 6.04 Å². The van der Waals surface area contributed by atoms with Crippen molar-refractivity contribution in [2.75, 3.05) is 13.1 Å². The summed E-state index contributed by atoms with van der Waals surface area (Å²) in [7, 11) is 0. The summed E-state index contributed by atoms with van der Waals surface area (Å²) < 4.78 is 5.90. The Balaban J connectivity index is 1.08. The fraction of sp³-hybridized carbons (Fsp3) is 0.344. The summed E-state index contributed by atoms with van der Waals surface area (Å²) >= 11 is 0. The first-order valence-corrected chi connectivity index (χ1v) is 14.2. The standard InChI is InChI=1S/C32H36N6O3/c39-30(22-26-17-19-38(20-18-26)31(40)16-13-24-7-3-1-4-8-24)33-29(32-34-36-37-35-32)21-25-11-14-28(15-12-25)41-23-27-9-5-2-6-10-27/h1-12,14-15,26,29H,13,16-23H2,(H,33,39)(H,34,35,36,37). The molecule has 41 heavy (non-hydrogen) atoms. The molecule has 1 atom stereocenters. The zero-order valence-corrected chi connectivity index (χ0v) is 23.1. The van der Waals surface area contributed by atoms with E-state index in [0.29, 0.717) is 44.8 Å². The molecule has 5 rings (SSSR count). The maximum atomic E-state index is 13.1. The van der Waals surface area contributed by atoms with Gasteiger partial charge in [-0.05, 0) is 54.0 Å². The van der Waals surface area contributed by atoms with Crippen LogP contribution in [0.5, 0.6) is 5.75 Å². The number of benzene rings is 3. The first-order chi connectivity index (χ1) is 20.1. The van der Waals surface area contributed by atoms with E-state index in [1.165, 1.54) is 5.56 Å². The minimum Gasteiger partial charge on any atom is -0.489 e. The molecule has 2 heterocycles. The van der Waals surface area contributed by atoms with Crippen molar-refractivity contribution in [2.24, 2.45) is 5.92 Å². The molecule has 9 heteroatoms. The minimum atomic E-state index is -0.406. The van der Waals surface area contributed by atoms with Crippen LogP contribution in [0.1, 0.15) is 54.2 Å². The van der Waals surface area contributed by atoms with Crippen molar-refractivity contribution in [3.8, 4) is 5.75 Å². The van der Waals surface area contributed by atoms with Gasteiger partial charge in [0.15, 0.2) is 5.82 Å². The van der Waals surface area contributed by atoms with Gasteiger partial charge >= 0.3 is 0 Å². The lowest BCUT2D eigenvalue weighted by molar-refractivity contribution is -0.132. The van der Waals surface area contributed by atoms with Crippen molar-refractivity contribution in [3.05, 3.63) is 107 Å². The zero-order chi connectivity index (χ0) is 28.3. The molecule has 3 aromatic carbocycles. The van der Waals surface area contributed by atoms with E-state index >= 15 is 0 Å². The molecule has 4 aromatic rings. The molecule has 212 valence electrons. The van der Waals surface area contributed by atoms with Crippen LogP contribution in [-0.2, 0) is 29.0 Å². The second-order valence-corrected chi connectivity index (χ2v) is 10.5. The number of aryl methyl sites for hydroxylation is 1. The minimum absolute atomic E-state index is 0.0449. The molecule has 1 unspecified atom stereocenters. The lowest BCUT2D eigenvalue weighted by Crippen LogP contribution is -2.40. The fourth-order valence-corrected chi connectivity index (χ4v) is 5.18. The Morgan fingerprint density at radius 3 is 2.24 bits per heavy atom. The van der Waals surface area contributed by atoms with Crippen molar-refractivity contribution in [3.63, 3.8) is 0 Å². The number of aromatic nitrogens is 4.